The highest BCUT2D eigenvalue weighted by Gasteiger charge is 2.29. The van der Waals surface area contributed by atoms with Gasteiger partial charge in [0, 0.05) is 5.69 Å². The van der Waals surface area contributed by atoms with Crippen LogP contribution in [-0.4, -0.2) is 23.2 Å². The van der Waals surface area contributed by atoms with Crippen LogP contribution in [0, 0.1) is 13.8 Å². The molecule has 2 aromatic rings. The largest absolute Gasteiger partial charge is 0.371 e. The number of ether oxygens (including phenoxy) is 1. The van der Waals surface area contributed by atoms with Crippen molar-refractivity contribution in [3.05, 3.63) is 59.4 Å². The number of pyridine rings is 1. The van der Waals surface area contributed by atoms with Crippen LogP contribution in [0.1, 0.15) is 36.2 Å². The van der Waals surface area contributed by atoms with Gasteiger partial charge in [-0.2, -0.15) is 0 Å². The summed E-state index contributed by atoms with van der Waals surface area (Å²) >= 11 is 0. The quantitative estimate of drug-likeness (QED) is 0.867. The third kappa shape index (κ3) is 4.79. The van der Waals surface area contributed by atoms with Crippen LogP contribution in [0.25, 0.3) is 0 Å². The number of nitrogens with one attached hydrogen (secondary N) is 2. The molecule has 1 aromatic carbocycles. The second-order valence-corrected chi connectivity index (χ2v) is 6.56. The number of anilines is 1. The molecule has 5 heteroatoms. The Bertz CT molecular complexity index is 718. The maximum Gasteiger partial charge on any atom is 0.319 e. The zero-order chi connectivity index (χ0) is 17.6. The zero-order valence-electron chi connectivity index (χ0n) is 14.8. The monoisotopic (exact) mass is 339 g/mol. The van der Waals surface area contributed by atoms with E-state index in [2.05, 4.69) is 27.8 Å². The second kappa shape index (κ2) is 8.12. The van der Waals surface area contributed by atoms with Gasteiger partial charge in [0.15, 0.2) is 0 Å². The number of hydrogen-bond donors (Lipinski definition) is 2. The third-order valence-corrected chi connectivity index (χ3v) is 4.55. The highest BCUT2D eigenvalue weighted by Crippen LogP contribution is 2.23. The van der Waals surface area contributed by atoms with Crippen LogP contribution in [0.3, 0.4) is 0 Å². The first kappa shape index (κ1) is 17.4. The van der Waals surface area contributed by atoms with Gasteiger partial charge in [-0.15, -0.1) is 0 Å². The highest BCUT2D eigenvalue weighted by molar-refractivity contribution is 5.90. The van der Waals surface area contributed by atoms with E-state index < -0.39 is 0 Å². The van der Waals surface area contributed by atoms with Gasteiger partial charge in [0.25, 0.3) is 0 Å². The minimum Gasteiger partial charge on any atom is -0.371 e. The molecule has 0 radical (unpaired) electrons. The number of nitrogens with zero attached hydrogens (tertiary/aromatic N) is 1. The molecule has 0 saturated heterocycles. The lowest BCUT2D eigenvalue weighted by Crippen LogP contribution is -2.43. The van der Waals surface area contributed by atoms with Gasteiger partial charge in [0.2, 0.25) is 0 Å². The Morgan fingerprint density at radius 2 is 1.96 bits per heavy atom. The Labute approximate surface area is 148 Å². The summed E-state index contributed by atoms with van der Waals surface area (Å²) in [5.74, 6) is 0. The third-order valence-electron chi connectivity index (χ3n) is 4.55. The molecule has 1 fully saturated rings. The predicted molar refractivity (Wildman–Crippen MR) is 98.5 cm³/mol. The lowest BCUT2D eigenvalue weighted by atomic mass is 10.2. The maximum absolute atomic E-state index is 12.3. The van der Waals surface area contributed by atoms with E-state index in [0.29, 0.717) is 6.61 Å². The molecule has 5 nitrogen and oxygen atoms in total. The molecule has 0 aliphatic heterocycles. The summed E-state index contributed by atoms with van der Waals surface area (Å²) in [4.78, 5) is 16.7. The second-order valence-electron chi connectivity index (χ2n) is 6.56. The van der Waals surface area contributed by atoms with Gasteiger partial charge < -0.3 is 15.4 Å². The molecule has 132 valence electrons. The summed E-state index contributed by atoms with van der Waals surface area (Å²) in [5, 5.41) is 5.94. The summed E-state index contributed by atoms with van der Waals surface area (Å²) in [6, 6.07) is 13.7. The molecule has 3 rings (SSSR count). The molecular weight excluding hydrogens is 314 g/mol. The van der Waals surface area contributed by atoms with Crippen molar-refractivity contribution in [2.24, 2.45) is 0 Å². The minimum atomic E-state index is -0.200. The number of rotatable bonds is 5. The normalized spacial score (nSPS) is 19.6. The van der Waals surface area contributed by atoms with Gasteiger partial charge in [0.1, 0.15) is 0 Å². The molecule has 2 amide bonds. The topological polar surface area (TPSA) is 63.2 Å². The molecule has 1 aliphatic rings. The maximum atomic E-state index is 12.3. The molecule has 0 unspecified atom stereocenters. The summed E-state index contributed by atoms with van der Waals surface area (Å²) in [5.41, 5.74) is 3.65. The number of aryl methyl sites for hydroxylation is 2. The molecule has 0 spiro atoms. The fraction of sp³-hybridized carbons (Fsp3) is 0.400. The van der Waals surface area contributed by atoms with Crippen LogP contribution in [0.4, 0.5) is 10.5 Å². The van der Waals surface area contributed by atoms with E-state index in [4.69, 9.17) is 4.74 Å². The lowest BCUT2D eigenvalue weighted by molar-refractivity contribution is 0.0305. The van der Waals surface area contributed by atoms with E-state index in [1.54, 1.807) is 0 Å². The van der Waals surface area contributed by atoms with Gasteiger partial charge in [-0.05, 0) is 50.8 Å². The van der Waals surface area contributed by atoms with Crippen molar-refractivity contribution < 1.29 is 9.53 Å². The van der Waals surface area contributed by atoms with Crippen molar-refractivity contribution in [1.82, 2.24) is 10.3 Å². The van der Waals surface area contributed by atoms with E-state index in [-0.39, 0.29) is 18.2 Å². The van der Waals surface area contributed by atoms with Crippen LogP contribution >= 0.6 is 0 Å². The Morgan fingerprint density at radius 1 is 1.16 bits per heavy atom. The molecule has 1 saturated carbocycles. The minimum absolute atomic E-state index is 0.0439. The van der Waals surface area contributed by atoms with E-state index in [0.717, 1.165) is 41.9 Å². The number of carbonyl (C=O) groups excluding carboxylic acids is 1. The van der Waals surface area contributed by atoms with E-state index >= 15 is 0 Å². The van der Waals surface area contributed by atoms with Gasteiger partial charge in [0.05, 0.1) is 30.1 Å². The Balaban J connectivity index is 1.53. The van der Waals surface area contributed by atoms with Crippen molar-refractivity contribution in [2.45, 2.75) is 51.9 Å². The van der Waals surface area contributed by atoms with Crippen molar-refractivity contribution in [1.29, 1.82) is 0 Å². The lowest BCUT2D eigenvalue weighted by Gasteiger charge is -2.22. The number of carbonyl (C=O) groups is 1. The van der Waals surface area contributed by atoms with Crippen LogP contribution < -0.4 is 10.6 Å². The summed E-state index contributed by atoms with van der Waals surface area (Å²) in [6.07, 6.45) is 3.04. The summed E-state index contributed by atoms with van der Waals surface area (Å²) in [6.45, 7) is 4.40. The molecule has 1 aromatic heterocycles. The van der Waals surface area contributed by atoms with Gasteiger partial charge >= 0.3 is 6.03 Å². The fourth-order valence-corrected chi connectivity index (χ4v) is 3.21. The standard InChI is InChI=1S/C20H25N3O2/c1-14-11-12-17(15(2)21-14)22-20(24)23-18-9-6-10-19(18)25-13-16-7-4-3-5-8-16/h3-5,7-8,11-12,18-19H,6,9-10,13H2,1-2H3,(H2,22,23,24)/t18-,19-/m1/s1. The predicted octanol–water partition coefficient (Wildman–Crippen LogP) is 3.96. The SMILES string of the molecule is Cc1ccc(NC(=O)N[C@@H]2CCC[C@H]2OCc2ccccc2)c(C)n1. The molecule has 1 aliphatic carbocycles. The van der Waals surface area contributed by atoms with Crippen molar-refractivity contribution in [2.75, 3.05) is 5.32 Å². The molecule has 1 heterocycles. The first-order chi connectivity index (χ1) is 12.1. The van der Waals surface area contributed by atoms with Gasteiger partial charge in [-0.1, -0.05) is 30.3 Å². The first-order valence-corrected chi connectivity index (χ1v) is 8.79. The smallest absolute Gasteiger partial charge is 0.319 e. The van der Waals surface area contributed by atoms with E-state index in [9.17, 15) is 4.79 Å². The van der Waals surface area contributed by atoms with Crippen LogP contribution in [0.2, 0.25) is 0 Å². The molecule has 25 heavy (non-hydrogen) atoms. The average molecular weight is 339 g/mol. The van der Waals surface area contributed by atoms with Gasteiger partial charge in [-0.25, -0.2) is 4.79 Å². The van der Waals surface area contributed by atoms with Crippen LogP contribution in [0.5, 0.6) is 0 Å². The van der Waals surface area contributed by atoms with E-state index in [1.807, 2.05) is 44.2 Å². The number of hydrogen-bond acceptors (Lipinski definition) is 3. The Kier molecular flexibility index (Phi) is 5.66. The molecule has 2 N–H and O–H groups in total. The molecule has 0 bridgehead atoms. The molecule has 2 atom stereocenters. The first-order valence-electron chi connectivity index (χ1n) is 8.79. The number of amides is 2. The number of aromatic nitrogens is 1. The van der Waals surface area contributed by atoms with Crippen molar-refractivity contribution in [3.8, 4) is 0 Å². The van der Waals surface area contributed by atoms with Crippen molar-refractivity contribution in [3.63, 3.8) is 0 Å². The van der Waals surface area contributed by atoms with Crippen LogP contribution in [0.15, 0.2) is 42.5 Å². The average Bonchev–Trinajstić information content (AvgIpc) is 3.03. The summed E-state index contributed by atoms with van der Waals surface area (Å²) < 4.78 is 6.04. The Hall–Kier alpha value is -2.40. The highest BCUT2D eigenvalue weighted by atomic mass is 16.5. The number of benzene rings is 1. The van der Waals surface area contributed by atoms with Crippen molar-refractivity contribution >= 4 is 11.7 Å². The fourth-order valence-electron chi connectivity index (χ4n) is 3.21. The molecular formula is C20H25N3O2. The summed E-state index contributed by atoms with van der Waals surface area (Å²) in [7, 11) is 0. The number of urea groups is 1. The van der Waals surface area contributed by atoms with E-state index in [1.165, 1.54) is 0 Å². The Morgan fingerprint density at radius 3 is 2.72 bits per heavy atom. The van der Waals surface area contributed by atoms with Crippen LogP contribution in [-0.2, 0) is 11.3 Å². The van der Waals surface area contributed by atoms with Gasteiger partial charge in [-0.3, -0.25) is 4.98 Å². The zero-order valence-corrected chi connectivity index (χ0v) is 14.8.